The smallest absolute Gasteiger partial charge is 0.350 e. The fourth-order valence-corrected chi connectivity index (χ4v) is 13.9. The molecule has 4 aromatic rings. The van der Waals surface area contributed by atoms with Crippen LogP contribution in [0.1, 0.15) is 11.1 Å². The van der Waals surface area contributed by atoms with Crippen LogP contribution in [-0.4, -0.2) is 64.2 Å². The summed E-state index contributed by atoms with van der Waals surface area (Å²) in [5.41, 5.74) is 0.193. The van der Waals surface area contributed by atoms with E-state index in [9.17, 15) is 44.5 Å². The summed E-state index contributed by atoms with van der Waals surface area (Å²) in [7, 11) is -19.6. The van der Waals surface area contributed by atoms with Crippen molar-refractivity contribution in [2.75, 3.05) is 37.5 Å². The third-order valence-corrected chi connectivity index (χ3v) is 16.8. The van der Waals surface area contributed by atoms with Crippen LogP contribution >= 0.6 is 61.1 Å². The number of sulfonamides is 2. The molecular formula is C24H26Cl2F2N2O11P2S4. The minimum Gasteiger partial charge on any atom is -0.492 e. The summed E-state index contributed by atoms with van der Waals surface area (Å²) in [4.78, 5) is 20.4. The van der Waals surface area contributed by atoms with Crippen molar-refractivity contribution < 1.29 is 58.3 Å². The fourth-order valence-electron chi connectivity index (χ4n) is 4.17. The van der Waals surface area contributed by atoms with E-state index < -0.39 is 67.9 Å². The van der Waals surface area contributed by atoms with Crippen LogP contribution in [0.5, 0.6) is 11.5 Å². The predicted octanol–water partition coefficient (Wildman–Crippen LogP) is 5.81. The molecule has 0 amide bonds. The molecule has 2 aromatic carbocycles. The van der Waals surface area contributed by atoms with Crippen molar-refractivity contribution in [3.63, 3.8) is 0 Å². The molecule has 0 saturated heterocycles. The molecule has 2 unspecified atom stereocenters. The van der Waals surface area contributed by atoms with Crippen LogP contribution in [0.2, 0.25) is 0 Å². The van der Waals surface area contributed by atoms with Gasteiger partial charge in [-0.25, -0.2) is 29.9 Å². The highest BCUT2D eigenvalue weighted by Crippen LogP contribution is 2.58. The van der Waals surface area contributed by atoms with Crippen LogP contribution in [0.25, 0.3) is 20.2 Å². The van der Waals surface area contributed by atoms with Crippen molar-refractivity contribution in [3.8, 4) is 11.5 Å². The number of halogens is 4. The van der Waals surface area contributed by atoms with Crippen molar-refractivity contribution in [3.05, 3.63) is 47.0 Å². The Morgan fingerprint density at radius 1 is 0.745 bits per heavy atom. The lowest BCUT2D eigenvalue weighted by Gasteiger charge is -2.17. The number of alkyl halides is 2. The highest BCUT2D eigenvalue weighted by atomic mass is 35.5. The Morgan fingerprint density at radius 3 is 1.45 bits per heavy atom. The number of aryl methyl sites for hydroxylation is 2. The van der Waals surface area contributed by atoms with Crippen LogP contribution in [0, 0.1) is 25.5 Å². The Labute approximate surface area is 285 Å². The zero-order valence-electron chi connectivity index (χ0n) is 24.2. The van der Waals surface area contributed by atoms with Gasteiger partial charge in [0.05, 0.1) is 21.2 Å². The molecule has 23 heteroatoms. The molecule has 260 valence electrons. The quantitative estimate of drug-likeness (QED) is 0.0788. The van der Waals surface area contributed by atoms with Crippen molar-refractivity contribution in [2.24, 2.45) is 0 Å². The SMILES string of the molecule is Cc1c(S(=O)(=O)NCP(=O)(O)OP(=O)(O)CNS(=O)(=O)c2sc3c(F)cc(OCCCl)cc3c2C)sc2c(F)cc(OCCCl)cc12. The average molecular weight is 818 g/mol. The Hall–Kier alpha value is -1.44. The maximum atomic E-state index is 14.7. The van der Waals surface area contributed by atoms with Crippen molar-refractivity contribution in [2.45, 2.75) is 22.3 Å². The first-order valence-corrected chi connectivity index (χ1v) is 22.2. The maximum Gasteiger partial charge on any atom is 0.350 e. The molecule has 47 heavy (non-hydrogen) atoms. The molecule has 0 spiro atoms. The molecule has 0 aliphatic carbocycles. The highest BCUT2D eigenvalue weighted by Gasteiger charge is 2.36. The van der Waals surface area contributed by atoms with E-state index in [1.807, 2.05) is 0 Å². The second-order valence-corrected chi connectivity index (χ2v) is 20.2. The number of hydrogen-bond donors (Lipinski definition) is 4. The van der Waals surface area contributed by atoms with Gasteiger partial charge in [0.15, 0.2) is 0 Å². The number of nitrogens with one attached hydrogen (secondary N) is 2. The number of rotatable bonds is 16. The third-order valence-electron chi connectivity index (χ3n) is 6.19. The van der Waals surface area contributed by atoms with Gasteiger partial charge in [0.1, 0.15) is 57.3 Å². The van der Waals surface area contributed by atoms with Crippen molar-refractivity contribution in [1.29, 1.82) is 0 Å². The van der Waals surface area contributed by atoms with Gasteiger partial charge in [-0.3, -0.25) is 9.13 Å². The van der Waals surface area contributed by atoms with Gasteiger partial charge in [0.25, 0.3) is 20.0 Å². The zero-order chi connectivity index (χ0) is 34.9. The molecule has 2 aromatic heterocycles. The summed E-state index contributed by atoms with van der Waals surface area (Å²) in [6, 6.07) is 4.91. The summed E-state index contributed by atoms with van der Waals surface area (Å²) >= 11 is 12.2. The van der Waals surface area contributed by atoms with E-state index in [0.29, 0.717) is 22.7 Å². The molecule has 2 heterocycles. The molecule has 2 atom stereocenters. The minimum absolute atomic E-state index is 0.0339. The van der Waals surface area contributed by atoms with Gasteiger partial charge in [-0.15, -0.1) is 45.9 Å². The largest absolute Gasteiger partial charge is 0.492 e. The zero-order valence-corrected chi connectivity index (χ0v) is 30.7. The van der Waals surface area contributed by atoms with E-state index in [2.05, 4.69) is 4.31 Å². The normalized spacial score (nSPS) is 15.1. The molecule has 4 rings (SSSR count). The maximum absolute atomic E-state index is 14.7. The van der Waals surface area contributed by atoms with E-state index in [-0.39, 0.29) is 67.8 Å². The predicted molar refractivity (Wildman–Crippen MR) is 177 cm³/mol. The second-order valence-electron chi connectivity index (χ2n) is 9.64. The number of hydrogen-bond acceptors (Lipinski definition) is 11. The number of thiophene rings is 2. The van der Waals surface area contributed by atoms with Gasteiger partial charge >= 0.3 is 15.2 Å². The minimum atomic E-state index is -5.23. The molecule has 0 radical (unpaired) electrons. The fraction of sp³-hybridized carbons (Fsp3) is 0.333. The first-order chi connectivity index (χ1) is 21.8. The molecule has 0 aliphatic rings. The summed E-state index contributed by atoms with van der Waals surface area (Å²) < 4.78 is 124. The van der Waals surface area contributed by atoms with E-state index >= 15 is 0 Å². The second kappa shape index (κ2) is 14.8. The third kappa shape index (κ3) is 9.03. The number of fused-ring (bicyclic) bond motifs is 2. The van der Waals surface area contributed by atoms with Crippen molar-refractivity contribution in [1.82, 2.24) is 9.44 Å². The highest BCUT2D eigenvalue weighted by molar-refractivity contribution is 7.92. The van der Waals surface area contributed by atoms with Gasteiger partial charge < -0.3 is 19.3 Å². The lowest BCUT2D eigenvalue weighted by molar-refractivity contribution is 0.330. The lowest BCUT2D eigenvalue weighted by Crippen LogP contribution is -2.26. The van der Waals surface area contributed by atoms with Crippen LogP contribution in [-0.2, 0) is 33.5 Å². The van der Waals surface area contributed by atoms with Gasteiger partial charge in [0, 0.05) is 22.9 Å². The summed E-state index contributed by atoms with van der Waals surface area (Å²) in [6.45, 7) is 2.90. The standard InChI is InChI=1S/C24H26Cl2F2N2O11P2S4/c1-13-17-7-15(39-5-3-25)9-19(27)21(17)44-23(13)46(35,36)29-11-42(31,32)41-43(33,34)12-30-47(37,38)24-14(2)18-8-16(40-6-4-26)10-20(28)22(18)45-24/h7-10,29-30H,3-6,11-12H2,1-2H3,(H,31,32)(H,33,34). The Morgan fingerprint density at radius 2 is 1.11 bits per heavy atom. The molecular weight excluding hydrogens is 791 g/mol. The molecule has 0 saturated carbocycles. The molecule has 0 bridgehead atoms. The topological polar surface area (TPSA) is 195 Å². The van der Waals surface area contributed by atoms with E-state index in [0.717, 1.165) is 12.1 Å². The first-order valence-electron chi connectivity index (χ1n) is 13.0. The Bertz CT molecular complexity index is 2000. The van der Waals surface area contributed by atoms with Crippen LogP contribution in [0.3, 0.4) is 0 Å². The summed E-state index contributed by atoms with van der Waals surface area (Å²) in [5.74, 6) is -1.10. The average Bonchev–Trinajstić information content (AvgIpc) is 3.51. The van der Waals surface area contributed by atoms with E-state index in [1.165, 1.54) is 26.0 Å². The van der Waals surface area contributed by atoms with Crippen molar-refractivity contribution >= 4 is 101 Å². The van der Waals surface area contributed by atoms with Gasteiger partial charge in [-0.2, -0.15) is 9.44 Å². The van der Waals surface area contributed by atoms with Gasteiger partial charge in [0.2, 0.25) is 0 Å². The Kier molecular flexibility index (Phi) is 12.1. The first kappa shape index (κ1) is 38.4. The van der Waals surface area contributed by atoms with Crippen LogP contribution < -0.4 is 18.9 Å². The molecule has 0 aliphatic heterocycles. The lowest BCUT2D eigenvalue weighted by atomic mass is 10.2. The van der Waals surface area contributed by atoms with E-state index in [4.69, 9.17) is 32.7 Å². The molecule has 13 nitrogen and oxygen atoms in total. The van der Waals surface area contributed by atoms with Crippen LogP contribution in [0.4, 0.5) is 8.78 Å². The molecule has 4 N–H and O–H groups in total. The summed E-state index contributed by atoms with van der Waals surface area (Å²) in [6.07, 6.45) is -2.79. The molecule has 0 fully saturated rings. The number of benzene rings is 2. The van der Waals surface area contributed by atoms with Gasteiger partial charge in [-0.1, -0.05) is 0 Å². The number of ether oxygens (including phenoxy) is 2. The van der Waals surface area contributed by atoms with Gasteiger partial charge in [-0.05, 0) is 37.1 Å². The summed E-state index contributed by atoms with van der Waals surface area (Å²) in [5, 5.41) is 0.402. The van der Waals surface area contributed by atoms with E-state index in [1.54, 1.807) is 9.44 Å². The van der Waals surface area contributed by atoms with Crippen LogP contribution in [0.15, 0.2) is 32.7 Å². The Balaban J connectivity index is 1.45. The monoisotopic (exact) mass is 816 g/mol.